The van der Waals surface area contributed by atoms with E-state index in [0.717, 1.165) is 25.5 Å². The highest BCUT2D eigenvalue weighted by atomic mass is 16.5. The fourth-order valence-corrected chi connectivity index (χ4v) is 2.31. The van der Waals surface area contributed by atoms with E-state index in [1.54, 1.807) is 6.20 Å². The van der Waals surface area contributed by atoms with Gasteiger partial charge in [-0.1, -0.05) is 30.3 Å². The highest BCUT2D eigenvalue weighted by Crippen LogP contribution is 2.15. The van der Waals surface area contributed by atoms with E-state index in [9.17, 15) is 0 Å². The summed E-state index contributed by atoms with van der Waals surface area (Å²) in [5, 5.41) is 8.22. The second kappa shape index (κ2) is 6.49. The molecule has 1 aliphatic rings. The highest BCUT2D eigenvalue weighted by Gasteiger charge is 2.15. The Hall–Kier alpha value is -2.21. The summed E-state index contributed by atoms with van der Waals surface area (Å²) in [6, 6.07) is 10.3. The second-order valence-corrected chi connectivity index (χ2v) is 5.06. The van der Waals surface area contributed by atoms with Gasteiger partial charge in [0.15, 0.2) is 5.82 Å². The number of rotatable bonds is 4. The van der Waals surface area contributed by atoms with Crippen molar-refractivity contribution < 1.29 is 4.74 Å². The van der Waals surface area contributed by atoms with Crippen LogP contribution in [0.1, 0.15) is 5.56 Å². The summed E-state index contributed by atoms with van der Waals surface area (Å²) in [4.78, 5) is 8.80. The average molecular weight is 285 g/mol. The van der Waals surface area contributed by atoms with Crippen molar-refractivity contribution >= 4 is 11.8 Å². The smallest absolute Gasteiger partial charge is 0.247 e. The molecule has 0 atom stereocenters. The quantitative estimate of drug-likeness (QED) is 0.845. The van der Waals surface area contributed by atoms with E-state index in [-0.39, 0.29) is 0 Å². The topological polar surface area (TPSA) is 54.4 Å². The van der Waals surface area contributed by atoms with Crippen LogP contribution in [0.15, 0.2) is 36.5 Å². The van der Waals surface area contributed by atoms with Crippen LogP contribution < -0.4 is 9.80 Å². The predicted molar refractivity (Wildman–Crippen MR) is 81.4 cm³/mol. The molecular formula is C15H19N5O. The van der Waals surface area contributed by atoms with Gasteiger partial charge in [0.1, 0.15) is 0 Å². The van der Waals surface area contributed by atoms with E-state index in [4.69, 9.17) is 4.74 Å². The lowest BCUT2D eigenvalue weighted by atomic mass is 10.2. The van der Waals surface area contributed by atoms with Crippen molar-refractivity contribution in [2.24, 2.45) is 0 Å². The van der Waals surface area contributed by atoms with Gasteiger partial charge in [0.2, 0.25) is 5.95 Å². The van der Waals surface area contributed by atoms with Gasteiger partial charge < -0.3 is 14.5 Å². The molecule has 1 aliphatic heterocycles. The molecule has 1 fully saturated rings. The van der Waals surface area contributed by atoms with Crippen molar-refractivity contribution in [1.82, 2.24) is 15.2 Å². The Morgan fingerprint density at radius 2 is 1.95 bits per heavy atom. The number of benzene rings is 1. The van der Waals surface area contributed by atoms with Crippen LogP contribution in [0.2, 0.25) is 0 Å². The molecule has 0 radical (unpaired) electrons. The Balaban J connectivity index is 1.72. The minimum absolute atomic E-state index is 0.677. The van der Waals surface area contributed by atoms with Crippen LogP contribution in [-0.4, -0.2) is 48.5 Å². The number of aromatic nitrogens is 3. The monoisotopic (exact) mass is 285 g/mol. The summed E-state index contributed by atoms with van der Waals surface area (Å²) in [5.41, 5.74) is 1.24. The molecular weight excluding hydrogens is 266 g/mol. The molecule has 3 rings (SSSR count). The summed E-state index contributed by atoms with van der Waals surface area (Å²) in [7, 11) is 2.01. The predicted octanol–water partition coefficient (Wildman–Crippen LogP) is 1.34. The summed E-state index contributed by atoms with van der Waals surface area (Å²) >= 11 is 0. The lowest BCUT2D eigenvalue weighted by Crippen LogP contribution is -2.37. The lowest BCUT2D eigenvalue weighted by Gasteiger charge is -2.27. The molecule has 0 N–H and O–H groups in total. The third-order valence-electron chi connectivity index (χ3n) is 3.48. The van der Waals surface area contributed by atoms with Crippen LogP contribution in [0, 0.1) is 0 Å². The Labute approximate surface area is 124 Å². The summed E-state index contributed by atoms with van der Waals surface area (Å²) in [6.45, 7) is 3.85. The van der Waals surface area contributed by atoms with Crippen molar-refractivity contribution in [3.05, 3.63) is 42.1 Å². The second-order valence-electron chi connectivity index (χ2n) is 5.06. The van der Waals surface area contributed by atoms with E-state index < -0.39 is 0 Å². The maximum atomic E-state index is 5.35. The maximum Gasteiger partial charge on any atom is 0.247 e. The molecule has 0 amide bonds. The third kappa shape index (κ3) is 3.46. The van der Waals surface area contributed by atoms with Gasteiger partial charge in [-0.3, -0.25) is 0 Å². The SMILES string of the molecule is CN(Cc1ccccc1)c1cnnc(N2CCOCC2)n1. The van der Waals surface area contributed by atoms with Gasteiger partial charge in [-0.05, 0) is 5.56 Å². The number of nitrogens with zero attached hydrogens (tertiary/aromatic N) is 5. The molecule has 2 aromatic rings. The molecule has 6 heteroatoms. The number of anilines is 2. The van der Waals surface area contributed by atoms with Gasteiger partial charge in [0, 0.05) is 26.7 Å². The molecule has 0 saturated carbocycles. The van der Waals surface area contributed by atoms with E-state index in [2.05, 4.69) is 37.1 Å². The van der Waals surface area contributed by atoms with Crippen LogP contribution >= 0.6 is 0 Å². The van der Waals surface area contributed by atoms with Gasteiger partial charge in [-0.15, -0.1) is 5.10 Å². The standard InChI is InChI=1S/C15H19N5O/c1-19(12-13-5-3-2-4-6-13)14-11-16-18-15(17-14)20-7-9-21-10-8-20/h2-6,11H,7-10,12H2,1H3. The van der Waals surface area contributed by atoms with Gasteiger partial charge >= 0.3 is 0 Å². The minimum atomic E-state index is 0.677. The van der Waals surface area contributed by atoms with E-state index in [0.29, 0.717) is 19.2 Å². The molecule has 0 spiro atoms. The van der Waals surface area contributed by atoms with Crippen LogP contribution in [0.25, 0.3) is 0 Å². The maximum absolute atomic E-state index is 5.35. The van der Waals surface area contributed by atoms with Crippen molar-refractivity contribution in [1.29, 1.82) is 0 Å². The fourth-order valence-electron chi connectivity index (χ4n) is 2.31. The Kier molecular flexibility index (Phi) is 4.25. The van der Waals surface area contributed by atoms with Gasteiger partial charge in [0.05, 0.1) is 19.4 Å². The molecule has 0 unspecified atom stereocenters. The lowest BCUT2D eigenvalue weighted by molar-refractivity contribution is 0.122. The van der Waals surface area contributed by atoms with E-state index in [1.807, 2.05) is 25.2 Å². The van der Waals surface area contributed by atoms with Crippen LogP contribution in [0.4, 0.5) is 11.8 Å². The van der Waals surface area contributed by atoms with Gasteiger partial charge in [-0.25, -0.2) is 0 Å². The van der Waals surface area contributed by atoms with Crippen molar-refractivity contribution in [2.45, 2.75) is 6.54 Å². The Morgan fingerprint density at radius 1 is 1.19 bits per heavy atom. The zero-order chi connectivity index (χ0) is 14.5. The molecule has 0 bridgehead atoms. The fraction of sp³-hybridized carbons (Fsp3) is 0.400. The van der Waals surface area contributed by atoms with E-state index >= 15 is 0 Å². The van der Waals surface area contributed by atoms with Gasteiger partial charge in [-0.2, -0.15) is 10.1 Å². The Morgan fingerprint density at radius 3 is 2.71 bits per heavy atom. The molecule has 110 valence electrons. The largest absolute Gasteiger partial charge is 0.378 e. The molecule has 21 heavy (non-hydrogen) atoms. The number of hydrogen-bond donors (Lipinski definition) is 0. The zero-order valence-electron chi connectivity index (χ0n) is 12.1. The Bertz CT molecular complexity index is 571. The molecule has 1 aromatic carbocycles. The summed E-state index contributed by atoms with van der Waals surface area (Å²) < 4.78 is 5.35. The van der Waals surface area contributed by atoms with Gasteiger partial charge in [0.25, 0.3) is 0 Å². The highest BCUT2D eigenvalue weighted by molar-refractivity contribution is 5.41. The molecule has 6 nitrogen and oxygen atoms in total. The normalized spacial score (nSPS) is 15.0. The summed E-state index contributed by atoms with van der Waals surface area (Å²) in [5.74, 6) is 1.51. The minimum Gasteiger partial charge on any atom is -0.378 e. The van der Waals surface area contributed by atoms with Crippen molar-refractivity contribution in [3.63, 3.8) is 0 Å². The van der Waals surface area contributed by atoms with Crippen LogP contribution in [-0.2, 0) is 11.3 Å². The van der Waals surface area contributed by atoms with Crippen LogP contribution in [0.3, 0.4) is 0 Å². The number of morpholine rings is 1. The average Bonchev–Trinajstić information content (AvgIpc) is 2.57. The van der Waals surface area contributed by atoms with Crippen molar-refractivity contribution in [3.8, 4) is 0 Å². The molecule has 1 aromatic heterocycles. The first kappa shape index (κ1) is 13.8. The third-order valence-corrected chi connectivity index (χ3v) is 3.48. The molecule has 1 saturated heterocycles. The first-order chi connectivity index (χ1) is 10.3. The van der Waals surface area contributed by atoms with Crippen LogP contribution in [0.5, 0.6) is 0 Å². The number of hydrogen-bond acceptors (Lipinski definition) is 6. The zero-order valence-corrected chi connectivity index (χ0v) is 12.1. The first-order valence-electron chi connectivity index (χ1n) is 7.10. The summed E-state index contributed by atoms with van der Waals surface area (Å²) in [6.07, 6.45) is 1.70. The van der Waals surface area contributed by atoms with E-state index in [1.165, 1.54) is 5.56 Å². The van der Waals surface area contributed by atoms with Crippen molar-refractivity contribution in [2.75, 3.05) is 43.2 Å². The molecule has 2 heterocycles. The number of ether oxygens (including phenoxy) is 1. The first-order valence-corrected chi connectivity index (χ1v) is 7.10. The molecule has 0 aliphatic carbocycles.